The van der Waals surface area contributed by atoms with E-state index in [0.29, 0.717) is 5.69 Å². The molecule has 0 aromatic heterocycles. The highest BCUT2D eigenvalue weighted by Gasteiger charge is 2.67. The number of carbonyl (C=O) groups is 3. The van der Waals surface area contributed by atoms with Crippen LogP contribution in [0.3, 0.4) is 0 Å². The van der Waals surface area contributed by atoms with Crippen molar-refractivity contribution in [2.24, 2.45) is 23.7 Å². The molecule has 1 aliphatic heterocycles. The number of nitrogens with zero attached hydrogens (tertiary/aromatic N) is 1. The molecular weight excluding hydrogens is 471 g/mol. The maximum absolute atomic E-state index is 13.0. The Labute approximate surface area is 166 Å². The number of fused-ring (bicyclic) bond motifs is 5. The van der Waals surface area contributed by atoms with Crippen LogP contribution < -0.4 is 5.32 Å². The van der Waals surface area contributed by atoms with Gasteiger partial charge in [-0.3, -0.25) is 19.3 Å². The van der Waals surface area contributed by atoms with Crippen LogP contribution in [-0.4, -0.2) is 38.3 Å². The lowest BCUT2D eigenvalue weighted by molar-refractivity contribution is -0.146. The number of alkyl halides is 2. The second-order valence-electron chi connectivity index (χ2n) is 7.22. The molecule has 1 heterocycles. The summed E-state index contributed by atoms with van der Waals surface area (Å²) in [5, 5.41) is 2.64. The van der Waals surface area contributed by atoms with Gasteiger partial charge in [0.25, 0.3) is 0 Å². The number of hydrogen-bond donors (Lipinski definition) is 1. The van der Waals surface area contributed by atoms with Crippen LogP contribution in [0.5, 0.6) is 0 Å². The molecule has 1 saturated heterocycles. The zero-order chi connectivity index (χ0) is 18.7. The molecule has 2 saturated carbocycles. The average molecular weight is 488 g/mol. The third-order valence-electron chi connectivity index (χ3n) is 5.90. The molecule has 3 fully saturated rings. The van der Waals surface area contributed by atoms with Crippen molar-refractivity contribution in [1.29, 1.82) is 0 Å². The zero-order valence-corrected chi connectivity index (χ0v) is 17.0. The fourth-order valence-corrected chi connectivity index (χ4v) is 6.52. The molecule has 7 atom stereocenters. The molecule has 1 N–H and O–H groups in total. The largest absolute Gasteiger partial charge is 0.324 e. The second-order valence-corrected chi connectivity index (χ2v) is 9.34. The Bertz CT molecular complexity index is 755. The van der Waals surface area contributed by atoms with E-state index in [0.717, 1.165) is 11.3 Å². The molecule has 8 heteroatoms. The van der Waals surface area contributed by atoms with Crippen molar-refractivity contribution >= 4 is 55.3 Å². The van der Waals surface area contributed by atoms with Gasteiger partial charge in [-0.25, -0.2) is 4.39 Å². The second kappa shape index (κ2) is 6.41. The van der Waals surface area contributed by atoms with Gasteiger partial charge in [-0.1, -0.05) is 31.9 Å². The molecule has 5 nitrogen and oxygen atoms in total. The van der Waals surface area contributed by atoms with Gasteiger partial charge >= 0.3 is 0 Å². The summed E-state index contributed by atoms with van der Waals surface area (Å²) in [6.07, 6.45) is 0.850. The Hall–Kier alpha value is -1.28. The number of amides is 3. The van der Waals surface area contributed by atoms with Crippen molar-refractivity contribution in [3.05, 3.63) is 30.1 Å². The molecule has 1 aromatic carbocycles. The zero-order valence-electron chi connectivity index (χ0n) is 13.9. The van der Waals surface area contributed by atoms with Crippen molar-refractivity contribution < 1.29 is 18.8 Å². The minimum absolute atomic E-state index is 0.114. The van der Waals surface area contributed by atoms with E-state index in [1.54, 1.807) is 6.92 Å². The summed E-state index contributed by atoms with van der Waals surface area (Å²) in [5.41, 5.74) is 0.420. The van der Waals surface area contributed by atoms with E-state index in [-0.39, 0.29) is 45.1 Å². The van der Waals surface area contributed by atoms with E-state index in [1.807, 2.05) is 0 Å². The number of likely N-dealkylation sites (tertiary alicyclic amines) is 1. The Morgan fingerprint density at radius 2 is 1.62 bits per heavy atom. The van der Waals surface area contributed by atoms with E-state index in [9.17, 15) is 18.8 Å². The Balaban J connectivity index is 1.53. The van der Waals surface area contributed by atoms with E-state index < -0.39 is 17.8 Å². The lowest BCUT2D eigenvalue weighted by atomic mass is 9.81. The maximum atomic E-state index is 13.0. The quantitative estimate of drug-likeness (QED) is 0.526. The van der Waals surface area contributed by atoms with Crippen LogP contribution in [0, 0.1) is 29.5 Å². The summed E-state index contributed by atoms with van der Waals surface area (Å²) in [6, 6.07) is 4.44. The molecule has 7 unspecified atom stereocenters. The number of halogens is 3. The third-order valence-corrected chi connectivity index (χ3v) is 9.11. The number of nitrogens with one attached hydrogen (secondary N) is 1. The molecule has 3 aliphatic rings. The molecule has 4 rings (SSSR count). The number of imide groups is 1. The molecule has 2 bridgehead atoms. The number of carbonyl (C=O) groups excluding carboxylic acids is 3. The van der Waals surface area contributed by atoms with Gasteiger partial charge in [-0.2, -0.15) is 0 Å². The van der Waals surface area contributed by atoms with Crippen LogP contribution in [0.4, 0.5) is 10.1 Å². The fraction of sp³-hybridized carbons (Fsp3) is 0.500. The van der Waals surface area contributed by atoms with Crippen molar-refractivity contribution in [2.45, 2.75) is 29.0 Å². The summed E-state index contributed by atoms with van der Waals surface area (Å²) in [5.74, 6) is -1.82. The first-order valence-corrected chi connectivity index (χ1v) is 10.4. The van der Waals surface area contributed by atoms with Crippen LogP contribution in [0.1, 0.15) is 13.3 Å². The molecule has 26 heavy (non-hydrogen) atoms. The summed E-state index contributed by atoms with van der Waals surface area (Å²) in [4.78, 5) is 39.8. The Kier molecular flexibility index (Phi) is 4.46. The van der Waals surface area contributed by atoms with Crippen LogP contribution in [0.15, 0.2) is 24.3 Å². The van der Waals surface area contributed by atoms with Gasteiger partial charge in [0.15, 0.2) is 0 Å². The lowest BCUT2D eigenvalue weighted by Gasteiger charge is -2.28. The van der Waals surface area contributed by atoms with E-state index in [2.05, 4.69) is 37.2 Å². The highest BCUT2D eigenvalue weighted by Crippen LogP contribution is 2.60. The fourth-order valence-electron chi connectivity index (χ4n) is 4.65. The molecule has 1 aromatic rings. The molecule has 0 radical (unpaired) electrons. The van der Waals surface area contributed by atoms with Gasteiger partial charge in [0.05, 0.1) is 11.8 Å². The van der Waals surface area contributed by atoms with Crippen LogP contribution in [0.2, 0.25) is 0 Å². The first-order chi connectivity index (χ1) is 12.3. The number of anilines is 1. The van der Waals surface area contributed by atoms with E-state index in [4.69, 9.17) is 0 Å². The van der Waals surface area contributed by atoms with Crippen molar-refractivity contribution in [3.8, 4) is 0 Å². The van der Waals surface area contributed by atoms with Crippen molar-refractivity contribution in [1.82, 2.24) is 4.90 Å². The summed E-state index contributed by atoms with van der Waals surface area (Å²) < 4.78 is 13.0. The minimum Gasteiger partial charge on any atom is -0.324 e. The van der Waals surface area contributed by atoms with Gasteiger partial charge in [0.1, 0.15) is 11.9 Å². The van der Waals surface area contributed by atoms with Gasteiger partial charge in [0, 0.05) is 15.3 Å². The van der Waals surface area contributed by atoms with Crippen LogP contribution >= 0.6 is 31.9 Å². The number of hydrogen-bond acceptors (Lipinski definition) is 3. The molecule has 0 spiro atoms. The average Bonchev–Trinajstić information content (AvgIpc) is 3.21. The van der Waals surface area contributed by atoms with Gasteiger partial charge in [-0.05, 0) is 49.4 Å². The van der Waals surface area contributed by atoms with E-state index >= 15 is 0 Å². The van der Waals surface area contributed by atoms with Gasteiger partial charge in [-0.15, -0.1) is 0 Å². The Morgan fingerprint density at radius 3 is 2.12 bits per heavy atom. The number of rotatable bonds is 3. The highest BCUT2D eigenvalue weighted by molar-refractivity contribution is 9.12. The smallest absolute Gasteiger partial charge is 0.247 e. The number of benzene rings is 1. The lowest BCUT2D eigenvalue weighted by Crippen LogP contribution is -2.46. The highest BCUT2D eigenvalue weighted by atomic mass is 79.9. The summed E-state index contributed by atoms with van der Waals surface area (Å²) in [7, 11) is 0. The first kappa shape index (κ1) is 18.1. The predicted octanol–water partition coefficient (Wildman–Crippen LogP) is 2.93. The summed E-state index contributed by atoms with van der Waals surface area (Å²) >= 11 is 7.28. The van der Waals surface area contributed by atoms with Gasteiger partial charge < -0.3 is 5.32 Å². The normalized spacial score (nSPS) is 36.4. The van der Waals surface area contributed by atoms with Gasteiger partial charge in [0.2, 0.25) is 17.7 Å². The van der Waals surface area contributed by atoms with Crippen molar-refractivity contribution in [3.63, 3.8) is 0 Å². The van der Waals surface area contributed by atoms with Crippen molar-refractivity contribution in [2.75, 3.05) is 5.32 Å². The Morgan fingerprint density at radius 1 is 1.12 bits per heavy atom. The SMILES string of the molecule is CC(C(=O)Nc1ccc(F)cc1)N1C(=O)C2C3CC(C(Br)C3Br)C2C1=O. The predicted molar refractivity (Wildman–Crippen MR) is 100 cm³/mol. The van der Waals surface area contributed by atoms with E-state index in [1.165, 1.54) is 24.3 Å². The summed E-state index contributed by atoms with van der Waals surface area (Å²) in [6.45, 7) is 1.55. The van der Waals surface area contributed by atoms with Crippen LogP contribution in [0.25, 0.3) is 0 Å². The third kappa shape index (κ3) is 2.56. The van der Waals surface area contributed by atoms with Crippen LogP contribution in [-0.2, 0) is 14.4 Å². The minimum atomic E-state index is -0.910. The molecule has 2 aliphatic carbocycles. The molecular formula is C18H17Br2FN2O3. The topological polar surface area (TPSA) is 66.5 Å². The molecule has 3 amide bonds. The first-order valence-electron chi connectivity index (χ1n) is 8.52. The maximum Gasteiger partial charge on any atom is 0.247 e. The molecule has 138 valence electrons. The monoisotopic (exact) mass is 486 g/mol. The standard InChI is InChI=1S/C18H17Br2FN2O3/c1-7(16(24)22-9-4-2-8(21)3-5-9)23-17(25)12-10-6-11(13(12)18(23)26)15(20)14(10)19/h2-5,7,10-15H,6H2,1H3,(H,22,24).